The molecule has 0 saturated carbocycles. The first kappa shape index (κ1) is 10.6. The highest BCUT2D eigenvalue weighted by Crippen LogP contribution is 2.15. The average molecular weight is 195 g/mol. The molecule has 0 unspecified atom stereocenters. The molecule has 0 aromatic carbocycles. The summed E-state index contributed by atoms with van der Waals surface area (Å²) in [5.74, 6) is 1.10. The van der Waals surface area contributed by atoms with Crippen LogP contribution in [0.4, 0.5) is 0 Å². The maximum Gasteiger partial charge on any atom is 0.0959 e. The Labute approximate surface area is 85.0 Å². The van der Waals surface area contributed by atoms with Gasteiger partial charge in [-0.25, -0.2) is 4.98 Å². The minimum absolute atomic E-state index is 1.10. The van der Waals surface area contributed by atoms with Crippen LogP contribution in [0.15, 0.2) is 23.4 Å². The van der Waals surface area contributed by atoms with Crippen molar-refractivity contribution in [3.05, 3.63) is 23.9 Å². The van der Waals surface area contributed by atoms with Gasteiger partial charge in [0.05, 0.1) is 5.03 Å². The summed E-state index contributed by atoms with van der Waals surface area (Å²) < 4.78 is 0. The molecule has 0 N–H and O–H groups in total. The summed E-state index contributed by atoms with van der Waals surface area (Å²) in [6, 6.07) is 4.32. The monoisotopic (exact) mass is 195 g/mol. The van der Waals surface area contributed by atoms with Gasteiger partial charge in [0.25, 0.3) is 0 Å². The quantitative estimate of drug-likeness (QED) is 0.667. The van der Waals surface area contributed by atoms with Crippen LogP contribution in [0.5, 0.6) is 0 Å². The molecule has 1 rings (SSSR count). The van der Waals surface area contributed by atoms with Gasteiger partial charge < -0.3 is 0 Å². The summed E-state index contributed by atoms with van der Waals surface area (Å²) in [4.78, 5) is 4.38. The van der Waals surface area contributed by atoms with Crippen molar-refractivity contribution in [1.82, 2.24) is 4.98 Å². The SMILES string of the molecule is CCCCc1ccc(SCC)nc1. The Hall–Kier alpha value is -0.500. The zero-order valence-corrected chi connectivity index (χ0v) is 9.23. The smallest absolute Gasteiger partial charge is 0.0959 e. The predicted molar refractivity (Wildman–Crippen MR) is 59.2 cm³/mol. The van der Waals surface area contributed by atoms with Crippen LogP contribution in [0.3, 0.4) is 0 Å². The maximum absolute atomic E-state index is 4.38. The molecule has 2 heteroatoms. The van der Waals surface area contributed by atoms with Crippen molar-refractivity contribution in [2.75, 3.05) is 5.75 Å². The summed E-state index contributed by atoms with van der Waals surface area (Å²) >= 11 is 1.80. The molecule has 0 aliphatic carbocycles. The highest BCUT2D eigenvalue weighted by Gasteiger charge is 1.95. The second-order valence-corrected chi connectivity index (χ2v) is 4.33. The first-order valence-electron chi connectivity index (χ1n) is 4.94. The van der Waals surface area contributed by atoms with Crippen LogP contribution >= 0.6 is 11.8 Å². The van der Waals surface area contributed by atoms with E-state index in [1.54, 1.807) is 11.8 Å². The normalized spacial score (nSPS) is 10.3. The van der Waals surface area contributed by atoms with Crippen molar-refractivity contribution < 1.29 is 0 Å². The predicted octanol–water partition coefficient (Wildman–Crippen LogP) is 3.54. The lowest BCUT2D eigenvalue weighted by Gasteiger charge is -2.00. The first-order chi connectivity index (χ1) is 6.36. The van der Waals surface area contributed by atoms with Crippen LogP contribution in [0.2, 0.25) is 0 Å². The van der Waals surface area contributed by atoms with E-state index in [1.807, 2.05) is 6.20 Å². The number of rotatable bonds is 5. The number of pyridine rings is 1. The minimum atomic E-state index is 1.10. The van der Waals surface area contributed by atoms with Gasteiger partial charge in [0, 0.05) is 6.20 Å². The third kappa shape index (κ3) is 3.81. The van der Waals surface area contributed by atoms with Crippen molar-refractivity contribution in [2.45, 2.75) is 38.1 Å². The molecule has 0 aliphatic heterocycles. The van der Waals surface area contributed by atoms with Gasteiger partial charge in [0.2, 0.25) is 0 Å². The standard InChI is InChI=1S/C11H17NS/c1-3-5-6-10-7-8-11(12-9-10)13-4-2/h7-9H,3-6H2,1-2H3. The second kappa shape index (κ2) is 6.03. The van der Waals surface area contributed by atoms with Crippen LogP contribution in [-0.2, 0) is 6.42 Å². The van der Waals surface area contributed by atoms with E-state index in [-0.39, 0.29) is 0 Å². The average Bonchev–Trinajstić information content (AvgIpc) is 2.17. The van der Waals surface area contributed by atoms with Crippen molar-refractivity contribution in [3.8, 4) is 0 Å². The fourth-order valence-corrected chi connectivity index (χ4v) is 1.76. The van der Waals surface area contributed by atoms with Crippen molar-refractivity contribution in [3.63, 3.8) is 0 Å². The fourth-order valence-electron chi connectivity index (χ4n) is 1.17. The fraction of sp³-hybridized carbons (Fsp3) is 0.545. The van der Waals surface area contributed by atoms with E-state index >= 15 is 0 Å². The molecule has 1 heterocycles. The lowest BCUT2D eigenvalue weighted by atomic mass is 10.1. The Bertz CT molecular complexity index is 230. The highest BCUT2D eigenvalue weighted by atomic mass is 32.2. The Morgan fingerprint density at radius 3 is 2.69 bits per heavy atom. The van der Waals surface area contributed by atoms with E-state index < -0.39 is 0 Å². The third-order valence-corrected chi connectivity index (χ3v) is 2.73. The molecule has 1 aromatic rings. The molecule has 0 bridgehead atoms. The van der Waals surface area contributed by atoms with Gasteiger partial charge in [-0.15, -0.1) is 11.8 Å². The molecular formula is C11H17NS. The third-order valence-electron chi connectivity index (χ3n) is 1.91. The molecule has 0 fully saturated rings. The van der Waals surface area contributed by atoms with E-state index in [1.165, 1.54) is 24.8 Å². The molecule has 0 amide bonds. The molecule has 13 heavy (non-hydrogen) atoms. The molecule has 0 radical (unpaired) electrons. The summed E-state index contributed by atoms with van der Waals surface area (Å²) in [5, 5.41) is 1.14. The lowest BCUT2D eigenvalue weighted by Crippen LogP contribution is -1.87. The van der Waals surface area contributed by atoms with Crippen LogP contribution in [0, 0.1) is 0 Å². The zero-order valence-electron chi connectivity index (χ0n) is 8.42. The number of nitrogens with zero attached hydrogens (tertiary/aromatic N) is 1. The van der Waals surface area contributed by atoms with Crippen molar-refractivity contribution in [2.24, 2.45) is 0 Å². The zero-order chi connectivity index (χ0) is 9.52. The lowest BCUT2D eigenvalue weighted by molar-refractivity contribution is 0.790. The van der Waals surface area contributed by atoms with Crippen LogP contribution < -0.4 is 0 Å². The Balaban J connectivity index is 2.48. The van der Waals surface area contributed by atoms with E-state index in [9.17, 15) is 0 Å². The van der Waals surface area contributed by atoms with Gasteiger partial charge in [-0.05, 0) is 30.2 Å². The molecule has 1 nitrogen and oxygen atoms in total. The van der Waals surface area contributed by atoms with Crippen LogP contribution in [-0.4, -0.2) is 10.7 Å². The summed E-state index contributed by atoms with van der Waals surface area (Å²) in [5.41, 5.74) is 1.36. The molecule has 0 aliphatic rings. The molecule has 0 atom stereocenters. The molecule has 72 valence electrons. The van der Waals surface area contributed by atoms with Gasteiger partial charge in [0.1, 0.15) is 0 Å². The van der Waals surface area contributed by atoms with E-state index in [4.69, 9.17) is 0 Å². The molecular weight excluding hydrogens is 178 g/mol. The Kier molecular flexibility index (Phi) is 4.91. The van der Waals surface area contributed by atoms with E-state index in [0.717, 1.165) is 10.8 Å². The molecule has 0 spiro atoms. The van der Waals surface area contributed by atoms with Gasteiger partial charge in [-0.3, -0.25) is 0 Å². The van der Waals surface area contributed by atoms with Crippen molar-refractivity contribution in [1.29, 1.82) is 0 Å². The van der Waals surface area contributed by atoms with Crippen LogP contribution in [0.25, 0.3) is 0 Å². The van der Waals surface area contributed by atoms with Gasteiger partial charge >= 0.3 is 0 Å². The molecule has 1 aromatic heterocycles. The maximum atomic E-state index is 4.38. The van der Waals surface area contributed by atoms with Gasteiger partial charge in [-0.1, -0.05) is 26.3 Å². The number of aryl methyl sites for hydroxylation is 1. The Morgan fingerprint density at radius 1 is 1.31 bits per heavy atom. The second-order valence-electron chi connectivity index (χ2n) is 3.04. The first-order valence-corrected chi connectivity index (χ1v) is 5.93. The number of unbranched alkanes of at least 4 members (excludes halogenated alkanes) is 1. The minimum Gasteiger partial charge on any atom is -0.250 e. The summed E-state index contributed by atoms with van der Waals surface area (Å²) in [7, 11) is 0. The number of aromatic nitrogens is 1. The van der Waals surface area contributed by atoms with E-state index in [0.29, 0.717) is 0 Å². The van der Waals surface area contributed by atoms with Crippen LogP contribution in [0.1, 0.15) is 32.3 Å². The number of thioether (sulfide) groups is 1. The number of hydrogen-bond acceptors (Lipinski definition) is 2. The topological polar surface area (TPSA) is 12.9 Å². The van der Waals surface area contributed by atoms with Gasteiger partial charge in [0.15, 0.2) is 0 Å². The van der Waals surface area contributed by atoms with E-state index in [2.05, 4.69) is 31.0 Å². The highest BCUT2D eigenvalue weighted by molar-refractivity contribution is 7.99. The molecule has 0 saturated heterocycles. The summed E-state index contributed by atoms with van der Waals surface area (Å²) in [6.45, 7) is 4.37. The summed E-state index contributed by atoms with van der Waals surface area (Å²) in [6.07, 6.45) is 5.70. The van der Waals surface area contributed by atoms with Gasteiger partial charge in [-0.2, -0.15) is 0 Å². The number of hydrogen-bond donors (Lipinski definition) is 0. The largest absolute Gasteiger partial charge is 0.250 e. The Morgan fingerprint density at radius 2 is 2.15 bits per heavy atom. The van der Waals surface area contributed by atoms with Crippen molar-refractivity contribution >= 4 is 11.8 Å².